The summed E-state index contributed by atoms with van der Waals surface area (Å²) in [6, 6.07) is 0.268. The van der Waals surface area contributed by atoms with Crippen LogP contribution in [0.25, 0.3) is 0 Å². The van der Waals surface area contributed by atoms with Crippen LogP contribution in [0.4, 0.5) is 0 Å². The molecule has 0 spiro atoms. The maximum absolute atomic E-state index is 13.0. The maximum Gasteiger partial charge on any atom is 0.282 e. The van der Waals surface area contributed by atoms with Gasteiger partial charge in [0.15, 0.2) is 0 Å². The van der Waals surface area contributed by atoms with E-state index >= 15 is 0 Å². The lowest BCUT2D eigenvalue weighted by molar-refractivity contribution is 0.118. The average molecular weight is 315 g/mol. The van der Waals surface area contributed by atoms with Crippen molar-refractivity contribution >= 4 is 10.2 Å². The third-order valence-electron chi connectivity index (χ3n) is 5.72. The number of hydrogen-bond donors (Lipinski definition) is 1. The standard InChI is InChI=1S/C15H29N3O2S/c16-12-13-7-10-17(11-8-13)21(19,20)18-9-3-5-14-4-1-2-6-15(14)18/h13-15H,1-12,16H2/t14-,15-/m1/s1. The van der Waals surface area contributed by atoms with Crippen molar-refractivity contribution in [3.8, 4) is 0 Å². The van der Waals surface area contributed by atoms with Crippen molar-refractivity contribution in [2.75, 3.05) is 26.2 Å². The lowest BCUT2D eigenvalue weighted by atomic mass is 9.79. The van der Waals surface area contributed by atoms with Crippen molar-refractivity contribution in [1.29, 1.82) is 0 Å². The molecule has 0 bridgehead atoms. The first-order valence-electron chi connectivity index (χ1n) is 8.60. The van der Waals surface area contributed by atoms with Crippen molar-refractivity contribution in [2.24, 2.45) is 17.6 Å². The van der Waals surface area contributed by atoms with Crippen LogP contribution in [0.5, 0.6) is 0 Å². The molecule has 0 amide bonds. The van der Waals surface area contributed by atoms with Crippen LogP contribution in [0.15, 0.2) is 0 Å². The quantitative estimate of drug-likeness (QED) is 0.859. The molecule has 5 nitrogen and oxygen atoms in total. The van der Waals surface area contributed by atoms with Gasteiger partial charge < -0.3 is 5.73 Å². The summed E-state index contributed by atoms with van der Waals surface area (Å²) >= 11 is 0. The molecule has 6 heteroatoms. The van der Waals surface area contributed by atoms with E-state index in [1.54, 1.807) is 4.31 Å². The highest BCUT2D eigenvalue weighted by Gasteiger charge is 2.42. The number of nitrogens with zero attached hydrogens (tertiary/aromatic N) is 2. The van der Waals surface area contributed by atoms with Gasteiger partial charge in [-0.25, -0.2) is 0 Å². The Balaban J connectivity index is 1.71. The van der Waals surface area contributed by atoms with Gasteiger partial charge in [-0.15, -0.1) is 0 Å². The van der Waals surface area contributed by atoms with Crippen LogP contribution in [0.1, 0.15) is 51.4 Å². The van der Waals surface area contributed by atoms with E-state index in [-0.39, 0.29) is 6.04 Å². The smallest absolute Gasteiger partial charge is 0.282 e. The number of hydrogen-bond acceptors (Lipinski definition) is 3. The molecular weight excluding hydrogens is 286 g/mol. The molecule has 3 fully saturated rings. The van der Waals surface area contributed by atoms with Gasteiger partial charge in [0.1, 0.15) is 0 Å². The van der Waals surface area contributed by atoms with Crippen LogP contribution in [0.2, 0.25) is 0 Å². The van der Waals surface area contributed by atoms with E-state index in [1.165, 1.54) is 25.7 Å². The molecule has 2 heterocycles. The highest BCUT2D eigenvalue weighted by Crippen LogP contribution is 2.37. The van der Waals surface area contributed by atoms with Crippen LogP contribution in [-0.2, 0) is 10.2 Å². The van der Waals surface area contributed by atoms with Gasteiger partial charge in [-0.05, 0) is 56.9 Å². The lowest BCUT2D eigenvalue weighted by Gasteiger charge is -2.45. The number of nitrogens with two attached hydrogens (primary N) is 1. The molecule has 0 aromatic rings. The first-order valence-corrected chi connectivity index (χ1v) is 9.99. The average Bonchev–Trinajstić information content (AvgIpc) is 2.54. The number of fused-ring (bicyclic) bond motifs is 1. The molecule has 2 saturated heterocycles. The fourth-order valence-corrected chi connectivity index (χ4v) is 6.34. The zero-order valence-corrected chi connectivity index (χ0v) is 13.7. The molecule has 2 aliphatic heterocycles. The Morgan fingerprint density at radius 2 is 1.57 bits per heavy atom. The molecule has 21 heavy (non-hydrogen) atoms. The second-order valence-corrected chi connectivity index (χ2v) is 8.83. The van der Waals surface area contributed by atoms with Gasteiger partial charge >= 0.3 is 0 Å². The topological polar surface area (TPSA) is 66.6 Å². The van der Waals surface area contributed by atoms with Crippen LogP contribution in [0.3, 0.4) is 0 Å². The first kappa shape index (κ1) is 15.7. The molecule has 2 atom stereocenters. The molecule has 3 rings (SSSR count). The predicted octanol–water partition coefficient (Wildman–Crippen LogP) is 1.56. The van der Waals surface area contributed by atoms with Gasteiger partial charge in [-0.3, -0.25) is 0 Å². The zero-order chi connectivity index (χ0) is 14.9. The number of piperidine rings is 2. The van der Waals surface area contributed by atoms with Crippen molar-refractivity contribution in [1.82, 2.24) is 8.61 Å². The van der Waals surface area contributed by atoms with Gasteiger partial charge in [0.25, 0.3) is 10.2 Å². The molecule has 0 unspecified atom stereocenters. The van der Waals surface area contributed by atoms with E-state index in [0.29, 0.717) is 31.5 Å². The van der Waals surface area contributed by atoms with E-state index in [1.807, 2.05) is 4.31 Å². The summed E-state index contributed by atoms with van der Waals surface area (Å²) in [6.45, 7) is 2.71. The Morgan fingerprint density at radius 3 is 2.29 bits per heavy atom. The van der Waals surface area contributed by atoms with E-state index in [0.717, 1.165) is 32.2 Å². The van der Waals surface area contributed by atoms with Crippen molar-refractivity contribution in [2.45, 2.75) is 57.4 Å². The third-order valence-corrected chi connectivity index (χ3v) is 7.79. The summed E-state index contributed by atoms with van der Waals surface area (Å²) in [5.41, 5.74) is 5.71. The summed E-state index contributed by atoms with van der Waals surface area (Å²) in [7, 11) is -3.26. The number of rotatable bonds is 3. The minimum Gasteiger partial charge on any atom is -0.330 e. The SMILES string of the molecule is NCC1CCN(S(=O)(=O)N2CCC[C@H]3CCCC[C@H]32)CC1. The van der Waals surface area contributed by atoms with Gasteiger partial charge in [-0.1, -0.05) is 12.8 Å². The molecule has 1 aliphatic carbocycles. The predicted molar refractivity (Wildman–Crippen MR) is 84.0 cm³/mol. The highest BCUT2D eigenvalue weighted by atomic mass is 32.2. The van der Waals surface area contributed by atoms with Crippen LogP contribution in [-0.4, -0.2) is 49.2 Å². The maximum atomic E-state index is 13.0. The monoisotopic (exact) mass is 315 g/mol. The summed E-state index contributed by atoms with van der Waals surface area (Å²) in [5, 5.41) is 0. The molecule has 122 valence electrons. The Labute approximate surface area is 129 Å². The lowest BCUT2D eigenvalue weighted by Crippen LogP contribution is -2.55. The molecule has 0 aromatic heterocycles. The summed E-state index contributed by atoms with van der Waals surface area (Å²) in [6.07, 6.45) is 8.80. The Bertz CT molecular complexity index is 444. The van der Waals surface area contributed by atoms with E-state index in [9.17, 15) is 8.42 Å². The van der Waals surface area contributed by atoms with Crippen LogP contribution >= 0.6 is 0 Å². The van der Waals surface area contributed by atoms with E-state index in [4.69, 9.17) is 5.73 Å². The van der Waals surface area contributed by atoms with Gasteiger partial charge in [0.05, 0.1) is 0 Å². The van der Waals surface area contributed by atoms with Gasteiger partial charge in [-0.2, -0.15) is 17.0 Å². The first-order chi connectivity index (χ1) is 10.1. The van der Waals surface area contributed by atoms with E-state index in [2.05, 4.69) is 0 Å². The van der Waals surface area contributed by atoms with Crippen LogP contribution < -0.4 is 5.73 Å². The molecule has 0 aromatic carbocycles. The second kappa shape index (κ2) is 6.52. The molecule has 3 aliphatic rings. The van der Waals surface area contributed by atoms with Crippen molar-refractivity contribution < 1.29 is 8.42 Å². The Hall–Kier alpha value is -0.170. The molecule has 1 saturated carbocycles. The molecule has 2 N–H and O–H groups in total. The highest BCUT2D eigenvalue weighted by molar-refractivity contribution is 7.86. The second-order valence-electron chi connectivity index (χ2n) is 6.95. The summed E-state index contributed by atoms with van der Waals surface area (Å²) < 4.78 is 29.6. The summed E-state index contributed by atoms with van der Waals surface area (Å²) in [5.74, 6) is 1.10. The third kappa shape index (κ3) is 3.14. The largest absolute Gasteiger partial charge is 0.330 e. The van der Waals surface area contributed by atoms with E-state index < -0.39 is 10.2 Å². The van der Waals surface area contributed by atoms with Crippen LogP contribution in [0, 0.1) is 11.8 Å². The molecule has 0 radical (unpaired) electrons. The molecular formula is C15H29N3O2S. The zero-order valence-electron chi connectivity index (χ0n) is 12.9. The minimum atomic E-state index is -3.26. The fraction of sp³-hybridized carbons (Fsp3) is 1.00. The minimum absolute atomic E-state index is 0.268. The van der Waals surface area contributed by atoms with Crippen molar-refractivity contribution in [3.63, 3.8) is 0 Å². The summed E-state index contributed by atoms with van der Waals surface area (Å²) in [4.78, 5) is 0. The Kier molecular flexibility index (Phi) is 4.88. The van der Waals surface area contributed by atoms with Gasteiger partial charge in [0.2, 0.25) is 0 Å². The normalized spacial score (nSPS) is 33.8. The van der Waals surface area contributed by atoms with Crippen molar-refractivity contribution in [3.05, 3.63) is 0 Å². The van der Waals surface area contributed by atoms with Gasteiger partial charge in [0, 0.05) is 25.7 Å². The Morgan fingerprint density at radius 1 is 0.905 bits per heavy atom. The fourth-order valence-electron chi connectivity index (χ4n) is 4.39.